The number of hydrogen-bond donors (Lipinski definition) is 0. The summed E-state index contributed by atoms with van der Waals surface area (Å²) in [5, 5.41) is 0. The Labute approximate surface area is 141 Å². The van der Waals surface area contributed by atoms with Gasteiger partial charge in [0.2, 0.25) is 11.6 Å². The maximum Gasteiger partial charge on any atom is 0.233 e. The van der Waals surface area contributed by atoms with Crippen LogP contribution in [0.2, 0.25) is 0 Å². The maximum atomic E-state index is 12.4. The summed E-state index contributed by atoms with van der Waals surface area (Å²) in [7, 11) is 0. The van der Waals surface area contributed by atoms with Crippen LogP contribution in [-0.2, 0) is 0 Å². The third kappa shape index (κ3) is 3.73. The van der Waals surface area contributed by atoms with Crippen molar-refractivity contribution in [3.8, 4) is 0 Å². The summed E-state index contributed by atoms with van der Waals surface area (Å²) in [5.74, 6) is -0.976. The lowest BCUT2D eigenvalue weighted by atomic mass is 10.00. The highest BCUT2D eigenvalue weighted by Gasteiger charge is 2.17. The molecule has 0 spiro atoms. The summed E-state index contributed by atoms with van der Waals surface area (Å²) < 4.78 is 0. The molecule has 116 valence electrons. The smallest absolute Gasteiger partial charge is 0.233 e. The molecule has 0 aliphatic rings. The van der Waals surface area contributed by atoms with Gasteiger partial charge in [0, 0.05) is 11.1 Å². The molecule has 0 unspecified atom stereocenters. The fourth-order valence-electron chi connectivity index (χ4n) is 2.39. The number of benzene rings is 3. The number of carbonyl (C=O) groups is 2. The van der Waals surface area contributed by atoms with Crippen molar-refractivity contribution >= 4 is 23.7 Å². The van der Waals surface area contributed by atoms with Crippen LogP contribution in [0.15, 0.2) is 84.9 Å². The van der Waals surface area contributed by atoms with Crippen molar-refractivity contribution in [2.24, 2.45) is 0 Å². The molecule has 0 N–H and O–H groups in total. The Kier molecular flexibility index (Phi) is 4.78. The quantitative estimate of drug-likeness (QED) is 0.380. The number of Topliss-reactive ketones (excluding diaryl/α,β-unsaturated/α-hetero) is 2. The lowest BCUT2D eigenvalue weighted by Crippen LogP contribution is -2.14. The van der Waals surface area contributed by atoms with Crippen LogP contribution in [-0.4, -0.2) is 11.6 Å². The average Bonchev–Trinajstić information content (AvgIpc) is 2.67. The van der Waals surface area contributed by atoms with E-state index in [9.17, 15) is 9.59 Å². The molecule has 0 amide bonds. The molecule has 0 bridgehead atoms. The number of rotatable bonds is 5. The van der Waals surface area contributed by atoms with Crippen LogP contribution in [0.25, 0.3) is 12.2 Å². The van der Waals surface area contributed by atoms with E-state index in [1.165, 1.54) is 0 Å². The van der Waals surface area contributed by atoms with Crippen LogP contribution in [0.4, 0.5) is 0 Å². The molecule has 3 rings (SSSR count). The Bertz CT molecular complexity index is 878. The van der Waals surface area contributed by atoms with E-state index in [1.807, 2.05) is 54.6 Å². The van der Waals surface area contributed by atoms with Crippen LogP contribution in [0, 0.1) is 0 Å². The second-order valence-electron chi connectivity index (χ2n) is 5.39. The van der Waals surface area contributed by atoms with Gasteiger partial charge >= 0.3 is 0 Å². The minimum atomic E-state index is -0.490. The Morgan fingerprint density at radius 3 is 1.75 bits per heavy atom. The zero-order valence-electron chi connectivity index (χ0n) is 13.1. The molecule has 0 fully saturated rings. The molecule has 2 heteroatoms. The highest BCUT2D eigenvalue weighted by Crippen LogP contribution is 2.13. The van der Waals surface area contributed by atoms with Crippen LogP contribution < -0.4 is 0 Å². The first-order valence-electron chi connectivity index (χ1n) is 7.71. The molecule has 0 heterocycles. The van der Waals surface area contributed by atoms with Crippen LogP contribution in [0.3, 0.4) is 0 Å². The summed E-state index contributed by atoms with van der Waals surface area (Å²) in [6.07, 6.45) is 3.90. The van der Waals surface area contributed by atoms with Gasteiger partial charge in [0.1, 0.15) is 0 Å². The van der Waals surface area contributed by atoms with Crippen molar-refractivity contribution in [1.29, 1.82) is 0 Å². The number of ketones is 2. The van der Waals surface area contributed by atoms with E-state index in [4.69, 9.17) is 0 Å². The van der Waals surface area contributed by atoms with Gasteiger partial charge < -0.3 is 0 Å². The normalized spacial score (nSPS) is 10.7. The topological polar surface area (TPSA) is 34.1 Å². The van der Waals surface area contributed by atoms with E-state index >= 15 is 0 Å². The SMILES string of the molecule is O=C(C(=O)c1cccc(C=Cc2ccccc2)c1)c1ccccc1. The van der Waals surface area contributed by atoms with Crippen LogP contribution in [0.1, 0.15) is 31.8 Å². The summed E-state index contributed by atoms with van der Waals surface area (Å²) >= 11 is 0. The number of carbonyl (C=O) groups excluding carboxylic acids is 2. The molecular weight excluding hydrogens is 296 g/mol. The molecule has 0 aliphatic carbocycles. The predicted octanol–water partition coefficient (Wildman–Crippen LogP) is 4.92. The van der Waals surface area contributed by atoms with Gasteiger partial charge in [-0.15, -0.1) is 0 Å². The molecule has 0 aromatic heterocycles. The minimum Gasteiger partial charge on any atom is -0.285 e. The van der Waals surface area contributed by atoms with Gasteiger partial charge in [-0.2, -0.15) is 0 Å². The Morgan fingerprint density at radius 1 is 0.542 bits per heavy atom. The first-order valence-corrected chi connectivity index (χ1v) is 7.71. The molecule has 0 saturated heterocycles. The third-order valence-corrected chi connectivity index (χ3v) is 3.66. The van der Waals surface area contributed by atoms with Crippen molar-refractivity contribution in [3.63, 3.8) is 0 Å². The van der Waals surface area contributed by atoms with E-state index in [0.717, 1.165) is 11.1 Å². The fraction of sp³-hybridized carbons (Fsp3) is 0. The lowest BCUT2D eigenvalue weighted by molar-refractivity contribution is 0.0817. The van der Waals surface area contributed by atoms with E-state index in [1.54, 1.807) is 42.5 Å². The molecule has 0 atom stereocenters. The van der Waals surface area contributed by atoms with Gasteiger partial charge in [0.15, 0.2) is 0 Å². The molecule has 0 saturated carbocycles. The lowest BCUT2D eigenvalue weighted by Gasteiger charge is -2.02. The highest BCUT2D eigenvalue weighted by molar-refractivity contribution is 6.49. The monoisotopic (exact) mass is 312 g/mol. The van der Waals surface area contributed by atoms with Gasteiger partial charge in [-0.3, -0.25) is 9.59 Å². The van der Waals surface area contributed by atoms with E-state index < -0.39 is 11.6 Å². The van der Waals surface area contributed by atoms with Crippen molar-refractivity contribution in [2.45, 2.75) is 0 Å². The molecule has 0 aliphatic heterocycles. The van der Waals surface area contributed by atoms with E-state index in [2.05, 4.69) is 0 Å². The minimum absolute atomic E-state index is 0.402. The van der Waals surface area contributed by atoms with Gasteiger partial charge in [0.05, 0.1) is 0 Å². The standard InChI is InChI=1S/C22H16O2/c23-21(19-11-5-2-6-12-19)22(24)20-13-7-10-18(16-20)15-14-17-8-3-1-4-9-17/h1-16H. The molecule has 3 aromatic carbocycles. The van der Waals surface area contributed by atoms with E-state index in [0.29, 0.717) is 11.1 Å². The zero-order valence-corrected chi connectivity index (χ0v) is 13.1. The maximum absolute atomic E-state index is 12.4. The molecular formula is C22H16O2. The van der Waals surface area contributed by atoms with Crippen molar-refractivity contribution in [3.05, 3.63) is 107 Å². The largest absolute Gasteiger partial charge is 0.285 e. The van der Waals surface area contributed by atoms with Crippen molar-refractivity contribution in [1.82, 2.24) is 0 Å². The van der Waals surface area contributed by atoms with Crippen LogP contribution >= 0.6 is 0 Å². The van der Waals surface area contributed by atoms with Crippen LogP contribution in [0.5, 0.6) is 0 Å². The second-order valence-corrected chi connectivity index (χ2v) is 5.39. The summed E-state index contributed by atoms with van der Waals surface area (Å²) in [6, 6.07) is 25.6. The summed E-state index contributed by atoms with van der Waals surface area (Å²) in [5.41, 5.74) is 2.77. The highest BCUT2D eigenvalue weighted by atomic mass is 16.2. The third-order valence-electron chi connectivity index (χ3n) is 3.66. The van der Waals surface area contributed by atoms with Crippen molar-refractivity contribution < 1.29 is 9.59 Å². The van der Waals surface area contributed by atoms with Crippen molar-refractivity contribution in [2.75, 3.05) is 0 Å². The molecule has 24 heavy (non-hydrogen) atoms. The summed E-state index contributed by atoms with van der Waals surface area (Å²) in [4.78, 5) is 24.7. The Morgan fingerprint density at radius 2 is 1.04 bits per heavy atom. The fourth-order valence-corrected chi connectivity index (χ4v) is 2.39. The molecule has 0 radical (unpaired) electrons. The molecule has 2 nitrogen and oxygen atoms in total. The van der Waals surface area contributed by atoms with Gasteiger partial charge in [-0.25, -0.2) is 0 Å². The van der Waals surface area contributed by atoms with Gasteiger partial charge in [0.25, 0.3) is 0 Å². The first-order chi connectivity index (χ1) is 11.7. The first kappa shape index (κ1) is 15.6. The zero-order chi connectivity index (χ0) is 16.8. The summed E-state index contributed by atoms with van der Waals surface area (Å²) in [6.45, 7) is 0. The van der Waals surface area contributed by atoms with Gasteiger partial charge in [-0.05, 0) is 17.2 Å². The van der Waals surface area contributed by atoms with E-state index in [-0.39, 0.29) is 0 Å². The predicted molar refractivity (Wildman–Crippen MR) is 96.9 cm³/mol. The Hall–Kier alpha value is -3.26. The number of hydrogen-bond acceptors (Lipinski definition) is 2. The average molecular weight is 312 g/mol. The molecule has 3 aromatic rings. The van der Waals surface area contributed by atoms with Gasteiger partial charge in [-0.1, -0.05) is 91.0 Å². The Balaban J connectivity index is 1.81. The second kappa shape index (κ2) is 7.34.